The molecule has 0 aromatic rings. The monoisotopic (exact) mass is 380 g/mol. The molecule has 2 rings (SSSR count). The first-order valence-corrected chi connectivity index (χ1v) is 9.13. The van der Waals surface area contributed by atoms with Crippen molar-refractivity contribution >= 4 is 11.9 Å². The van der Waals surface area contributed by atoms with Crippen molar-refractivity contribution in [1.29, 1.82) is 0 Å². The van der Waals surface area contributed by atoms with Gasteiger partial charge >= 0.3 is 11.9 Å². The van der Waals surface area contributed by atoms with Gasteiger partial charge in [-0.3, -0.25) is 4.79 Å². The highest BCUT2D eigenvalue weighted by molar-refractivity contribution is 5.89. The lowest BCUT2D eigenvalue weighted by Crippen LogP contribution is -2.37. The minimum Gasteiger partial charge on any atom is -0.458 e. The first-order valence-electron chi connectivity index (χ1n) is 9.13. The number of ether oxygens (including phenoxy) is 2. The first kappa shape index (κ1) is 21.3. The molecule has 7 nitrogen and oxygen atoms in total. The standard InChI is InChI=1S/C20H28O7/c1-11-5-4-6-14(9-21)8-17-18(13(3)20(25)27-17)16(7-11)26-19(24)12(2)15(23)10-22/h5,8,13,15-18,21-23H,2,4,6-7,9-10H2,1,3H3/b11-5+,14-8-/t13-,15?,16+,17-,18-/m1/s1. The van der Waals surface area contributed by atoms with E-state index in [1.165, 1.54) is 0 Å². The highest BCUT2D eigenvalue weighted by Gasteiger charge is 2.47. The van der Waals surface area contributed by atoms with Gasteiger partial charge < -0.3 is 24.8 Å². The molecule has 1 aliphatic heterocycles. The van der Waals surface area contributed by atoms with Crippen molar-refractivity contribution in [3.05, 3.63) is 35.5 Å². The van der Waals surface area contributed by atoms with Crippen molar-refractivity contribution in [2.24, 2.45) is 11.8 Å². The molecule has 0 radical (unpaired) electrons. The Balaban J connectivity index is 2.34. The molecule has 150 valence electrons. The number of hydrogen-bond acceptors (Lipinski definition) is 7. The quantitative estimate of drug-likeness (QED) is 0.371. The van der Waals surface area contributed by atoms with E-state index >= 15 is 0 Å². The van der Waals surface area contributed by atoms with Gasteiger partial charge in [0.05, 0.1) is 30.6 Å². The minimum atomic E-state index is -1.40. The Morgan fingerprint density at radius 1 is 1.44 bits per heavy atom. The summed E-state index contributed by atoms with van der Waals surface area (Å²) in [6.45, 7) is 6.36. The normalized spacial score (nSPS) is 33.6. The van der Waals surface area contributed by atoms with Crippen LogP contribution in [0.1, 0.15) is 33.1 Å². The number of rotatable bonds is 5. The molecule has 1 unspecified atom stereocenters. The predicted octanol–water partition coefficient (Wildman–Crippen LogP) is 1.03. The molecule has 0 aromatic heterocycles. The Hall–Kier alpha value is -1.96. The van der Waals surface area contributed by atoms with E-state index in [9.17, 15) is 19.8 Å². The Morgan fingerprint density at radius 3 is 2.78 bits per heavy atom. The van der Waals surface area contributed by atoms with E-state index in [0.717, 1.165) is 17.6 Å². The molecule has 1 saturated heterocycles. The number of allylic oxidation sites excluding steroid dienone is 1. The Kier molecular flexibility index (Phi) is 7.35. The molecular weight excluding hydrogens is 352 g/mol. The van der Waals surface area contributed by atoms with Gasteiger partial charge in [0.2, 0.25) is 0 Å². The maximum atomic E-state index is 12.4. The molecular formula is C20H28O7. The number of fused-ring (bicyclic) bond motifs is 1. The van der Waals surface area contributed by atoms with Crippen LogP contribution in [-0.2, 0) is 19.1 Å². The number of hydrogen-bond donors (Lipinski definition) is 3. The number of esters is 2. The highest BCUT2D eigenvalue weighted by Crippen LogP contribution is 2.37. The second-order valence-electron chi connectivity index (χ2n) is 7.21. The summed E-state index contributed by atoms with van der Waals surface area (Å²) in [5.41, 5.74) is 1.52. The van der Waals surface area contributed by atoms with Crippen molar-refractivity contribution in [3.8, 4) is 0 Å². The first-order chi connectivity index (χ1) is 12.8. The molecule has 1 fully saturated rings. The molecule has 0 bridgehead atoms. The average Bonchev–Trinajstić information content (AvgIpc) is 2.92. The van der Waals surface area contributed by atoms with Crippen molar-refractivity contribution in [1.82, 2.24) is 0 Å². The zero-order valence-electron chi connectivity index (χ0n) is 15.8. The fourth-order valence-corrected chi connectivity index (χ4v) is 3.51. The fourth-order valence-electron chi connectivity index (χ4n) is 3.51. The Labute approximate surface area is 159 Å². The van der Waals surface area contributed by atoms with Gasteiger partial charge in [0.15, 0.2) is 0 Å². The van der Waals surface area contributed by atoms with Crippen molar-refractivity contribution < 1.29 is 34.4 Å². The molecule has 7 heteroatoms. The van der Waals surface area contributed by atoms with E-state index in [0.29, 0.717) is 12.8 Å². The number of carbonyl (C=O) groups excluding carboxylic acids is 2. The van der Waals surface area contributed by atoms with Crippen LogP contribution in [0.25, 0.3) is 0 Å². The van der Waals surface area contributed by atoms with Gasteiger partial charge in [-0.05, 0) is 31.4 Å². The van der Waals surface area contributed by atoms with Crippen LogP contribution in [0.3, 0.4) is 0 Å². The molecule has 5 atom stereocenters. The van der Waals surface area contributed by atoms with Crippen LogP contribution in [0, 0.1) is 11.8 Å². The molecule has 1 aliphatic carbocycles. The summed E-state index contributed by atoms with van der Waals surface area (Å²) >= 11 is 0. The summed E-state index contributed by atoms with van der Waals surface area (Å²) < 4.78 is 11.1. The SMILES string of the molecule is C=C(C(=O)O[C@H]1C/C(C)=C/CC/C(CO)=C/[C@H]2OC(=O)[C@H](C)[C@H]12)C(O)CO. The Morgan fingerprint density at radius 2 is 2.15 bits per heavy atom. The lowest BCUT2D eigenvalue weighted by molar-refractivity contribution is -0.149. The number of aliphatic hydroxyl groups is 3. The van der Waals surface area contributed by atoms with Gasteiger partial charge in [0.25, 0.3) is 0 Å². The van der Waals surface area contributed by atoms with E-state index in [1.54, 1.807) is 13.0 Å². The predicted molar refractivity (Wildman–Crippen MR) is 97.4 cm³/mol. The van der Waals surface area contributed by atoms with Gasteiger partial charge in [-0.15, -0.1) is 0 Å². The van der Waals surface area contributed by atoms with Crippen LogP contribution in [0.2, 0.25) is 0 Å². The van der Waals surface area contributed by atoms with E-state index in [2.05, 4.69) is 6.58 Å². The topological polar surface area (TPSA) is 113 Å². The molecule has 0 amide bonds. The lowest BCUT2D eigenvalue weighted by Gasteiger charge is -2.29. The second kappa shape index (κ2) is 9.30. The van der Waals surface area contributed by atoms with Gasteiger partial charge in [-0.1, -0.05) is 25.2 Å². The minimum absolute atomic E-state index is 0.133. The van der Waals surface area contributed by atoms with Crippen LogP contribution >= 0.6 is 0 Å². The molecule has 3 N–H and O–H groups in total. The largest absolute Gasteiger partial charge is 0.458 e. The third-order valence-electron chi connectivity index (χ3n) is 5.19. The van der Waals surface area contributed by atoms with Crippen LogP contribution in [0.5, 0.6) is 0 Å². The average molecular weight is 380 g/mol. The summed E-state index contributed by atoms with van der Waals surface area (Å²) in [4.78, 5) is 24.5. The van der Waals surface area contributed by atoms with Crippen molar-refractivity contribution in [2.75, 3.05) is 13.2 Å². The summed E-state index contributed by atoms with van der Waals surface area (Å²) in [6, 6.07) is 0. The third-order valence-corrected chi connectivity index (χ3v) is 5.19. The fraction of sp³-hybridized carbons (Fsp3) is 0.600. The lowest BCUT2D eigenvalue weighted by atomic mass is 9.82. The molecule has 0 saturated carbocycles. The second-order valence-corrected chi connectivity index (χ2v) is 7.21. The summed E-state index contributed by atoms with van der Waals surface area (Å²) in [5.74, 6) is -2.12. The molecule has 0 spiro atoms. The smallest absolute Gasteiger partial charge is 0.336 e. The number of aliphatic hydroxyl groups excluding tert-OH is 3. The molecule has 0 aromatic carbocycles. The van der Waals surface area contributed by atoms with Crippen molar-refractivity contribution in [3.63, 3.8) is 0 Å². The van der Waals surface area contributed by atoms with Crippen LogP contribution in [0.4, 0.5) is 0 Å². The van der Waals surface area contributed by atoms with Gasteiger partial charge in [0, 0.05) is 6.42 Å². The molecule has 2 aliphatic rings. The zero-order chi connectivity index (χ0) is 20.1. The summed E-state index contributed by atoms with van der Waals surface area (Å²) in [5, 5.41) is 28.2. The maximum absolute atomic E-state index is 12.4. The van der Waals surface area contributed by atoms with Gasteiger partial charge in [0.1, 0.15) is 18.3 Å². The van der Waals surface area contributed by atoms with E-state index in [-0.39, 0.29) is 18.1 Å². The van der Waals surface area contributed by atoms with Crippen molar-refractivity contribution in [2.45, 2.75) is 51.4 Å². The van der Waals surface area contributed by atoms with Crippen LogP contribution < -0.4 is 0 Å². The zero-order valence-corrected chi connectivity index (χ0v) is 15.8. The molecule has 27 heavy (non-hydrogen) atoms. The highest BCUT2D eigenvalue weighted by atomic mass is 16.6. The van der Waals surface area contributed by atoms with Crippen LogP contribution in [0.15, 0.2) is 35.5 Å². The van der Waals surface area contributed by atoms with Gasteiger partial charge in [-0.2, -0.15) is 0 Å². The van der Waals surface area contributed by atoms with Gasteiger partial charge in [-0.25, -0.2) is 4.79 Å². The van der Waals surface area contributed by atoms with Crippen LogP contribution in [-0.4, -0.2) is 58.8 Å². The maximum Gasteiger partial charge on any atom is 0.336 e. The van der Waals surface area contributed by atoms with E-state index < -0.39 is 42.7 Å². The van der Waals surface area contributed by atoms with E-state index in [1.807, 2.05) is 13.0 Å². The number of carbonyl (C=O) groups is 2. The molecule has 1 heterocycles. The third kappa shape index (κ3) is 5.06. The summed E-state index contributed by atoms with van der Waals surface area (Å²) in [6.07, 6.45) is 2.89. The Bertz CT molecular complexity index is 649. The van der Waals surface area contributed by atoms with E-state index in [4.69, 9.17) is 14.6 Å². The summed E-state index contributed by atoms with van der Waals surface area (Å²) in [7, 11) is 0.